The number of amides is 1. The van der Waals surface area contributed by atoms with Gasteiger partial charge >= 0.3 is 0 Å². The third-order valence-electron chi connectivity index (χ3n) is 6.37. The molecule has 0 aliphatic carbocycles. The van der Waals surface area contributed by atoms with Crippen LogP contribution in [0.25, 0.3) is 16.9 Å². The number of para-hydroxylation sites is 3. The summed E-state index contributed by atoms with van der Waals surface area (Å²) in [4.78, 5) is 18.0. The van der Waals surface area contributed by atoms with E-state index < -0.39 is 0 Å². The molecule has 36 heavy (non-hydrogen) atoms. The Bertz CT molecular complexity index is 1330. The predicted molar refractivity (Wildman–Crippen MR) is 141 cm³/mol. The smallest absolute Gasteiger partial charge is 0.272 e. The second-order valence-electron chi connectivity index (χ2n) is 8.57. The number of hydrogen-bond donors (Lipinski definition) is 0. The minimum Gasteiger partial charge on any atom is -0.497 e. The molecule has 1 aliphatic heterocycles. The molecule has 7 heteroatoms. The zero-order chi connectivity index (χ0) is 24.9. The average Bonchev–Trinajstić information content (AvgIpc) is 3.39. The Balaban J connectivity index is 1.41. The number of piperazine rings is 1. The van der Waals surface area contributed by atoms with E-state index in [0.717, 1.165) is 47.2 Å². The molecule has 1 saturated heterocycles. The van der Waals surface area contributed by atoms with Gasteiger partial charge in [0.15, 0.2) is 0 Å². The molecule has 2 heterocycles. The van der Waals surface area contributed by atoms with Crippen LogP contribution in [0, 0.1) is 0 Å². The van der Waals surface area contributed by atoms with E-state index in [0.29, 0.717) is 25.4 Å². The van der Waals surface area contributed by atoms with Crippen LogP contribution in [0.4, 0.5) is 5.69 Å². The third kappa shape index (κ3) is 4.77. The number of aromatic nitrogens is 2. The molecule has 184 valence electrons. The molecule has 1 aliphatic rings. The highest BCUT2D eigenvalue weighted by Gasteiger charge is 2.27. The number of ether oxygens (including phenoxy) is 2. The quantitative estimate of drug-likeness (QED) is 0.375. The minimum atomic E-state index is -0.0294. The highest BCUT2D eigenvalue weighted by molar-refractivity contribution is 5.94. The van der Waals surface area contributed by atoms with E-state index in [9.17, 15) is 4.79 Å². The lowest BCUT2D eigenvalue weighted by atomic mass is 10.1. The Labute approximate surface area is 211 Å². The van der Waals surface area contributed by atoms with Gasteiger partial charge in [-0.15, -0.1) is 0 Å². The van der Waals surface area contributed by atoms with Crippen LogP contribution in [0.3, 0.4) is 0 Å². The van der Waals surface area contributed by atoms with E-state index in [1.165, 1.54) is 0 Å². The van der Waals surface area contributed by atoms with Crippen LogP contribution in [0.15, 0.2) is 84.9 Å². The summed E-state index contributed by atoms with van der Waals surface area (Å²) in [6, 6.07) is 27.5. The molecular formula is C29H30N4O3. The topological polar surface area (TPSA) is 59.8 Å². The summed E-state index contributed by atoms with van der Waals surface area (Å²) in [5, 5.41) is 4.82. The van der Waals surface area contributed by atoms with Crippen LogP contribution < -0.4 is 14.4 Å². The van der Waals surface area contributed by atoms with Crippen LogP contribution in [0.2, 0.25) is 0 Å². The van der Waals surface area contributed by atoms with Crippen molar-refractivity contribution in [3.05, 3.63) is 90.6 Å². The number of nitrogens with zero attached hydrogens (tertiary/aromatic N) is 4. The molecule has 1 aromatic heterocycles. The molecule has 1 amide bonds. The summed E-state index contributed by atoms with van der Waals surface area (Å²) < 4.78 is 12.9. The maximum Gasteiger partial charge on any atom is 0.272 e. The largest absolute Gasteiger partial charge is 0.497 e. The fourth-order valence-electron chi connectivity index (χ4n) is 4.53. The Morgan fingerprint density at radius 3 is 2.39 bits per heavy atom. The first-order chi connectivity index (χ1) is 17.7. The van der Waals surface area contributed by atoms with Gasteiger partial charge in [0.1, 0.15) is 17.2 Å². The van der Waals surface area contributed by atoms with Gasteiger partial charge in [-0.05, 0) is 49.4 Å². The number of hydrogen-bond acceptors (Lipinski definition) is 5. The molecule has 0 atom stereocenters. The molecule has 0 unspecified atom stereocenters. The summed E-state index contributed by atoms with van der Waals surface area (Å²) in [5.74, 6) is 1.60. The van der Waals surface area contributed by atoms with E-state index in [-0.39, 0.29) is 5.91 Å². The van der Waals surface area contributed by atoms with Crippen LogP contribution in [-0.2, 0) is 0 Å². The number of anilines is 1. The number of methoxy groups -OCH3 is 1. The molecule has 5 rings (SSSR count). The SMILES string of the molecule is CCOc1ccccc1N1CCN(C(=O)c2cc(-c3cccc(OC)c3)nn2-c2ccccc2)CC1. The molecule has 1 fully saturated rings. The first-order valence-corrected chi connectivity index (χ1v) is 12.2. The zero-order valence-corrected chi connectivity index (χ0v) is 20.6. The summed E-state index contributed by atoms with van der Waals surface area (Å²) in [6.07, 6.45) is 0. The number of carbonyl (C=O) groups is 1. The third-order valence-corrected chi connectivity index (χ3v) is 6.37. The molecule has 0 bridgehead atoms. The van der Waals surface area contributed by atoms with Gasteiger partial charge in [-0.1, -0.05) is 42.5 Å². The van der Waals surface area contributed by atoms with Gasteiger partial charge in [0.2, 0.25) is 0 Å². The summed E-state index contributed by atoms with van der Waals surface area (Å²) >= 11 is 0. The van der Waals surface area contributed by atoms with Crippen molar-refractivity contribution in [3.63, 3.8) is 0 Å². The van der Waals surface area contributed by atoms with Gasteiger partial charge in [0.05, 0.1) is 30.8 Å². The van der Waals surface area contributed by atoms with E-state index in [2.05, 4.69) is 11.0 Å². The maximum atomic E-state index is 13.8. The van der Waals surface area contributed by atoms with Gasteiger partial charge in [0, 0.05) is 31.7 Å². The lowest BCUT2D eigenvalue weighted by Crippen LogP contribution is -2.49. The Kier molecular flexibility index (Phi) is 6.89. The van der Waals surface area contributed by atoms with Crippen molar-refractivity contribution in [3.8, 4) is 28.4 Å². The fraction of sp³-hybridized carbons (Fsp3) is 0.241. The van der Waals surface area contributed by atoms with Crippen LogP contribution >= 0.6 is 0 Å². The number of carbonyl (C=O) groups excluding carboxylic acids is 1. The van der Waals surface area contributed by atoms with Crippen molar-refractivity contribution < 1.29 is 14.3 Å². The minimum absolute atomic E-state index is 0.0294. The number of benzene rings is 3. The highest BCUT2D eigenvalue weighted by atomic mass is 16.5. The highest BCUT2D eigenvalue weighted by Crippen LogP contribution is 2.30. The molecule has 0 saturated carbocycles. The predicted octanol–water partition coefficient (Wildman–Crippen LogP) is 4.91. The molecule has 0 spiro atoms. The summed E-state index contributed by atoms with van der Waals surface area (Å²) in [7, 11) is 1.64. The molecule has 3 aromatic carbocycles. The van der Waals surface area contributed by atoms with Crippen LogP contribution in [-0.4, -0.2) is 60.5 Å². The van der Waals surface area contributed by atoms with E-state index in [1.807, 2.05) is 90.7 Å². The lowest BCUT2D eigenvalue weighted by Gasteiger charge is -2.36. The molecule has 4 aromatic rings. The van der Waals surface area contributed by atoms with E-state index in [4.69, 9.17) is 14.6 Å². The fourth-order valence-corrected chi connectivity index (χ4v) is 4.53. The van der Waals surface area contributed by atoms with Crippen LogP contribution in [0.5, 0.6) is 11.5 Å². The van der Waals surface area contributed by atoms with Crippen molar-refractivity contribution in [1.29, 1.82) is 0 Å². The molecule has 7 nitrogen and oxygen atoms in total. The first-order valence-electron chi connectivity index (χ1n) is 12.2. The van der Waals surface area contributed by atoms with E-state index in [1.54, 1.807) is 11.8 Å². The van der Waals surface area contributed by atoms with Gasteiger partial charge in [-0.2, -0.15) is 5.10 Å². The van der Waals surface area contributed by atoms with Crippen LogP contribution in [0.1, 0.15) is 17.4 Å². The van der Waals surface area contributed by atoms with Crippen molar-refractivity contribution in [2.24, 2.45) is 0 Å². The summed E-state index contributed by atoms with van der Waals surface area (Å²) in [5.41, 5.74) is 4.09. The maximum absolute atomic E-state index is 13.8. The van der Waals surface area contributed by atoms with E-state index >= 15 is 0 Å². The van der Waals surface area contributed by atoms with Crippen molar-refractivity contribution in [1.82, 2.24) is 14.7 Å². The van der Waals surface area contributed by atoms with Crippen molar-refractivity contribution in [2.45, 2.75) is 6.92 Å². The number of rotatable bonds is 7. The second-order valence-corrected chi connectivity index (χ2v) is 8.57. The van der Waals surface area contributed by atoms with Gasteiger partial charge in [0.25, 0.3) is 5.91 Å². The Hall–Kier alpha value is -4.26. The van der Waals surface area contributed by atoms with Gasteiger partial charge in [-0.25, -0.2) is 4.68 Å². The zero-order valence-electron chi connectivity index (χ0n) is 20.6. The average molecular weight is 483 g/mol. The van der Waals surface area contributed by atoms with Crippen molar-refractivity contribution in [2.75, 3.05) is 44.8 Å². The molecule has 0 N–H and O–H groups in total. The van der Waals surface area contributed by atoms with Gasteiger partial charge < -0.3 is 19.3 Å². The standard InChI is InChI=1S/C29H30N4O3/c1-3-36-28-15-8-7-14-26(28)31-16-18-32(19-17-31)29(34)27-21-25(22-10-9-13-24(20-22)35-2)30-33(27)23-11-5-4-6-12-23/h4-15,20-21H,3,16-19H2,1-2H3. The van der Waals surface area contributed by atoms with Gasteiger partial charge in [-0.3, -0.25) is 4.79 Å². The Morgan fingerprint density at radius 1 is 0.889 bits per heavy atom. The second kappa shape index (κ2) is 10.6. The Morgan fingerprint density at radius 2 is 1.64 bits per heavy atom. The normalized spacial score (nSPS) is 13.5. The summed E-state index contributed by atoms with van der Waals surface area (Å²) in [6.45, 7) is 5.31. The molecular weight excluding hydrogens is 452 g/mol. The lowest BCUT2D eigenvalue weighted by molar-refractivity contribution is 0.0737. The molecule has 0 radical (unpaired) electrons. The van der Waals surface area contributed by atoms with Crippen molar-refractivity contribution >= 4 is 11.6 Å². The monoisotopic (exact) mass is 482 g/mol. The first kappa shape index (κ1) is 23.5.